The number of methoxy groups -OCH3 is 1. The number of hydrogen-bond donors (Lipinski definition) is 1. The minimum Gasteiger partial charge on any atom is -0.484 e. The molecular formula is C22H20Cl2N2O5. The number of aromatic nitrogens is 1. The van der Waals surface area contributed by atoms with Gasteiger partial charge in [-0.1, -0.05) is 59.9 Å². The Hall–Kier alpha value is -3.03. The van der Waals surface area contributed by atoms with Gasteiger partial charge in [0.15, 0.2) is 12.2 Å². The van der Waals surface area contributed by atoms with Gasteiger partial charge in [0.2, 0.25) is 5.88 Å². The molecule has 0 radical (unpaired) electrons. The molecule has 0 atom stereocenters. The van der Waals surface area contributed by atoms with Crippen LogP contribution in [0.15, 0.2) is 47.0 Å². The molecule has 1 aromatic heterocycles. The highest BCUT2D eigenvalue weighted by Gasteiger charge is 2.28. The maximum atomic E-state index is 12.4. The molecule has 162 valence electrons. The fourth-order valence-corrected chi connectivity index (χ4v) is 3.49. The zero-order chi connectivity index (χ0) is 22.4. The van der Waals surface area contributed by atoms with E-state index in [1.807, 2.05) is 12.1 Å². The van der Waals surface area contributed by atoms with E-state index in [-0.39, 0.29) is 33.8 Å². The van der Waals surface area contributed by atoms with Crippen molar-refractivity contribution in [3.8, 4) is 17.0 Å². The molecule has 0 aliphatic rings. The van der Waals surface area contributed by atoms with Crippen LogP contribution in [0.4, 0.5) is 5.88 Å². The van der Waals surface area contributed by atoms with Crippen LogP contribution in [0.5, 0.6) is 5.75 Å². The van der Waals surface area contributed by atoms with Gasteiger partial charge in [-0.2, -0.15) is 0 Å². The summed E-state index contributed by atoms with van der Waals surface area (Å²) in [5, 5.41) is 6.88. The largest absolute Gasteiger partial charge is 0.484 e. The second-order valence-electron chi connectivity index (χ2n) is 6.55. The molecule has 2 aromatic carbocycles. The molecule has 1 N–H and O–H groups in total. The van der Waals surface area contributed by atoms with Gasteiger partial charge in [0.25, 0.3) is 5.91 Å². The molecule has 0 aliphatic carbocycles. The van der Waals surface area contributed by atoms with Gasteiger partial charge >= 0.3 is 5.97 Å². The quantitative estimate of drug-likeness (QED) is 0.450. The Balaban J connectivity index is 1.77. The molecule has 1 amide bonds. The Bertz CT molecular complexity index is 1060. The van der Waals surface area contributed by atoms with E-state index in [4.69, 9.17) is 37.2 Å². The minimum absolute atomic E-state index is 0.0604. The van der Waals surface area contributed by atoms with Gasteiger partial charge in [-0.25, -0.2) is 4.79 Å². The summed E-state index contributed by atoms with van der Waals surface area (Å²) in [7, 11) is 1.20. The summed E-state index contributed by atoms with van der Waals surface area (Å²) in [6, 6.07) is 12.3. The number of anilines is 1. The van der Waals surface area contributed by atoms with Crippen LogP contribution in [0.25, 0.3) is 11.3 Å². The second kappa shape index (κ2) is 10.3. The maximum Gasteiger partial charge on any atom is 0.345 e. The van der Waals surface area contributed by atoms with Crippen molar-refractivity contribution >= 4 is 41.0 Å². The molecule has 9 heteroatoms. The Morgan fingerprint density at radius 2 is 1.77 bits per heavy atom. The lowest BCUT2D eigenvalue weighted by Gasteiger charge is -2.08. The van der Waals surface area contributed by atoms with E-state index in [0.29, 0.717) is 11.3 Å². The van der Waals surface area contributed by atoms with E-state index in [0.717, 1.165) is 12.8 Å². The molecule has 0 saturated carbocycles. The summed E-state index contributed by atoms with van der Waals surface area (Å²) in [6.07, 6.45) is 2.02. The predicted molar refractivity (Wildman–Crippen MR) is 118 cm³/mol. The van der Waals surface area contributed by atoms with Gasteiger partial charge in [-0.3, -0.25) is 10.1 Å². The first-order valence-electron chi connectivity index (χ1n) is 9.48. The van der Waals surface area contributed by atoms with Crippen LogP contribution in [0.3, 0.4) is 0 Å². The molecule has 0 saturated heterocycles. The normalized spacial score (nSPS) is 10.6. The van der Waals surface area contributed by atoms with E-state index in [2.05, 4.69) is 17.4 Å². The number of halogens is 2. The fraction of sp³-hybridized carbons (Fsp3) is 0.227. The number of benzene rings is 2. The summed E-state index contributed by atoms with van der Waals surface area (Å²) in [5.41, 5.74) is 1.44. The highest BCUT2D eigenvalue weighted by atomic mass is 35.5. The lowest BCUT2D eigenvalue weighted by Crippen LogP contribution is -2.21. The van der Waals surface area contributed by atoms with Gasteiger partial charge in [0, 0.05) is 5.56 Å². The van der Waals surface area contributed by atoms with Crippen molar-refractivity contribution in [1.29, 1.82) is 0 Å². The third-order valence-corrected chi connectivity index (χ3v) is 5.00. The third kappa shape index (κ3) is 5.37. The van der Waals surface area contributed by atoms with Crippen LogP contribution in [0.2, 0.25) is 10.0 Å². The van der Waals surface area contributed by atoms with Gasteiger partial charge in [-0.05, 0) is 36.2 Å². The minimum atomic E-state index is -0.769. The van der Waals surface area contributed by atoms with Crippen LogP contribution in [-0.4, -0.2) is 30.7 Å². The number of aryl methyl sites for hydroxylation is 1. The average Bonchev–Trinajstić information content (AvgIpc) is 3.15. The van der Waals surface area contributed by atoms with E-state index >= 15 is 0 Å². The number of amides is 1. The van der Waals surface area contributed by atoms with Crippen molar-refractivity contribution in [2.75, 3.05) is 19.0 Å². The predicted octanol–water partition coefficient (Wildman–Crippen LogP) is 5.41. The fourth-order valence-electron chi connectivity index (χ4n) is 2.91. The topological polar surface area (TPSA) is 90.7 Å². The first-order chi connectivity index (χ1) is 14.9. The Morgan fingerprint density at radius 3 is 2.39 bits per heavy atom. The van der Waals surface area contributed by atoms with Crippen molar-refractivity contribution in [2.24, 2.45) is 0 Å². The highest BCUT2D eigenvalue weighted by molar-refractivity contribution is 6.39. The number of carbonyl (C=O) groups is 2. The van der Waals surface area contributed by atoms with E-state index in [1.54, 1.807) is 30.3 Å². The summed E-state index contributed by atoms with van der Waals surface area (Å²) in [4.78, 5) is 24.7. The van der Waals surface area contributed by atoms with E-state index in [9.17, 15) is 9.59 Å². The van der Waals surface area contributed by atoms with Crippen molar-refractivity contribution in [2.45, 2.75) is 19.8 Å². The molecule has 3 rings (SSSR count). The summed E-state index contributed by atoms with van der Waals surface area (Å²) < 4.78 is 15.5. The number of hydrogen-bond acceptors (Lipinski definition) is 6. The second-order valence-corrected chi connectivity index (χ2v) is 7.37. The van der Waals surface area contributed by atoms with Crippen LogP contribution in [-0.2, 0) is 16.0 Å². The summed E-state index contributed by atoms with van der Waals surface area (Å²) in [5.74, 6) is -0.959. The first-order valence-corrected chi connectivity index (χ1v) is 10.2. The van der Waals surface area contributed by atoms with Gasteiger partial charge in [0.05, 0.1) is 17.2 Å². The number of nitrogens with one attached hydrogen (secondary N) is 1. The zero-order valence-corrected chi connectivity index (χ0v) is 18.4. The number of ether oxygens (including phenoxy) is 2. The molecule has 7 nitrogen and oxygen atoms in total. The molecule has 3 aromatic rings. The first kappa shape index (κ1) is 22.7. The summed E-state index contributed by atoms with van der Waals surface area (Å²) in [6.45, 7) is 1.81. The maximum absolute atomic E-state index is 12.4. The smallest absolute Gasteiger partial charge is 0.345 e. The molecule has 31 heavy (non-hydrogen) atoms. The summed E-state index contributed by atoms with van der Waals surface area (Å²) >= 11 is 12.4. The van der Waals surface area contributed by atoms with Crippen LogP contribution in [0.1, 0.15) is 29.3 Å². The van der Waals surface area contributed by atoms with Crippen molar-refractivity contribution in [1.82, 2.24) is 5.16 Å². The van der Waals surface area contributed by atoms with Gasteiger partial charge in [-0.15, -0.1) is 0 Å². The molecule has 0 aliphatic heterocycles. The lowest BCUT2D eigenvalue weighted by molar-refractivity contribution is -0.118. The zero-order valence-electron chi connectivity index (χ0n) is 16.9. The molecule has 0 unspecified atom stereocenters. The van der Waals surface area contributed by atoms with E-state index in [1.165, 1.54) is 12.7 Å². The Morgan fingerprint density at radius 1 is 1.10 bits per heavy atom. The molecular weight excluding hydrogens is 443 g/mol. The highest BCUT2D eigenvalue weighted by Crippen LogP contribution is 2.38. The van der Waals surface area contributed by atoms with Crippen LogP contribution < -0.4 is 10.1 Å². The van der Waals surface area contributed by atoms with Crippen LogP contribution in [0, 0.1) is 0 Å². The lowest BCUT2D eigenvalue weighted by atomic mass is 10.1. The van der Waals surface area contributed by atoms with Gasteiger partial charge < -0.3 is 14.0 Å². The Kier molecular flexibility index (Phi) is 7.55. The van der Waals surface area contributed by atoms with Crippen molar-refractivity contribution in [3.05, 3.63) is 63.6 Å². The number of esters is 1. The number of carbonyl (C=O) groups excluding carboxylic acids is 2. The van der Waals surface area contributed by atoms with Gasteiger partial charge in [0.1, 0.15) is 11.4 Å². The molecule has 0 bridgehead atoms. The molecule has 1 heterocycles. The number of nitrogens with zero attached hydrogens (tertiary/aromatic N) is 1. The monoisotopic (exact) mass is 462 g/mol. The third-order valence-electron chi connectivity index (χ3n) is 4.37. The standard InChI is InChI=1S/C22H20Cl2N2O5/c1-3-5-13-8-10-14(11-9-13)30-12-17(27)25-21-19(22(28)29-2)20(26-31-21)18-15(23)6-4-7-16(18)24/h4,6-11H,3,5,12H2,1-2H3,(H,25,27). The molecule has 0 fully saturated rings. The van der Waals surface area contributed by atoms with Crippen molar-refractivity contribution < 1.29 is 23.6 Å². The molecule has 0 spiro atoms. The SMILES string of the molecule is CCCc1ccc(OCC(=O)Nc2onc(-c3c(Cl)cccc3Cl)c2C(=O)OC)cc1. The average molecular weight is 463 g/mol. The van der Waals surface area contributed by atoms with E-state index < -0.39 is 11.9 Å². The van der Waals surface area contributed by atoms with Crippen LogP contribution >= 0.6 is 23.2 Å². The number of rotatable bonds is 8. The Labute approximate surface area is 189 Å². The van der Waals surface area contributed by atoms with Crippen molar-refractivity contribution in [3.63, 3.8) is 0 Å².